The van der Waals surface area contributed by atoms with Gasteiger partial charge in [0.15, 0.2) is 0 Å². The molecule has 0 heterocycles. The van der Waals surface area contributed by atoms with Gasteiger partial charge in [0, 0.05) is 4.90 Å². The molecule has 1 aromatic carbocycles. The normalized spacial score (nSPS) is 16.4. The second-order valence-corrected chi connectivity index (χ2v) is 4.65. The Morgan fingerprint density at radius 3 is 2.57 bits per heavy atom. The monoisotopic (exact) mass is 208 g/mol. The van der Waals surface area contributed by atoms with Gasteiger partial charge in [0.2, 0.25) is 0 Å². The number of rotatable bonds is 3. The van der Waals surface area contributed by atoms with Gasteiger partial charge in [-0.3, -0.25) is 0 Å². The Morgan fingerprint density at radius 1 is 1.29 bits per heavy atom. The lowest BCUT2D eigenvalue weighted by Gasteiger charge is -2.26. The fourth-order valence-electron chi connectivity index (χ4n) is 1.81. The van der Waals surface area contributed by atoms with E-state index in [1.807, 2.05) is 0 Å². The van der Waals surface area contributed by atoms with E-state index in [2.05, 4.69) is 24.5 Å². The molecule has 14 heavy (non-hydrogen) atoms. The number of benzene rings is 1. The third-order valence-corrected chi connectivity index (χ3v) is 3.66. The molecule has 0 radical (unpaired) electrons. The van der Waals surface area contributed by atoms with Crippen molar-refractivity contribution in [3.05, 3.63) is 23.8 Å². The lowest BCUT2D eigenvalue weighted by atomic mass is 9.80. The summed E-state index contributed by atoms with van der Waals surface area (Å²) in [6.45, 7) is 0. The van der Waals surface area contributed by atoms with Crippen LogP contribution in [0.25, 0.3) is 0 Å². The average Bonchev–Trinajstić information content (AvgIpc) is 2.14. The number of ether oxygens (including phenoxy) is 1. The molecule has 0 unspecified atom stereocenters. The minimum absolute atomic E-state index is 0.788. The van der Waals surface area contributed by atoms with Crippen LogP contribution < -0.4 is 4.74 Å². The third-order valence-electron chi connectivity index (χ3n) is 2.95. The van der Waals surface area contributed by atoms with Crippen molar-refractivity contribution in [3.63, 3.8) is 0 Å². The van der Waals surface area contributed by atoms with Crippen molar-refractivity contribution in [3.8, 4) is 5.75 Å². The highest BCUT2D eigenvalue weighted by atomic mass is 32.2. The van der Waals surface area contributed by atoms with E-state index in [0.717, 1.165) is 11.7 Å². The van der Waals surface area contributed by atoms with Crippen molar-refractivity contribution in [1.82, 2.24) is 0 Å². The third kappa shape index (κ3) is 1.90. The van der Waals surface area contributed by atoms with Gasteiger partial charge in [-0.2, -0.15) is 0 Å². The first-order valence-electron chi connectivity index (χ1n) is 5.06. The molecule has 0 aliphatic heterocycles. The van der Waals surface area contributed by atoms with Crippen LogP contribution in [0.5, 0.6) is 5.75 Å². The molecule has 1 fully saturated rings. The number of methoxy groups -OCH3 is 1. The molecule has 1 aromatic rings. The van der Waals surface area contributed by atoms with Crippen molar-refractivity contribution < 1.29 is 4.74 Å². The van der Waals surface area contributed by atoms with E-state index in [4.69, 9.17) is 4.74 Å². The summed E-state index contributed by atoms with van der Waals surface area (Å²) in [5.74, 6) is 1.79. The van der Waals surface area contributed by atoms with Gasteiger partial charge in [0.05, 0.1) is 7.11 Å². The quantitative estimate of drug-likeness (QED) is 0.701. The van der Waals surface area contributed by atoms with Crippen LogP contribution in [0, 0.1) is 0 Å². The van der Waals surface area contributed by atoms with Crippen molar-refractivity contribution >= 4 is 11.8 Å². The summed E-state index contributed by atoms with van der Waals surface area (Å²) in [5.41, 5.74) is 1.46. The first-order chi connectivity index (χ1) is 6.83. The van der Waals surface area contributed by atoms with Gasteiger partial charge in [-0.05, 0) is 48.8 Å². The summed E-state index contributed by atoms with van der Waals surface area (Å²) >= 11 is 1.78. The maximum Gasteiger partial charge on any atom is 0.120 e. The maximum absolute atomic E-state index is 5.30. The van der Waals surface area contributed by atoms with Crippen molar-refractivity contribution in [2.45, 2.75) is 30.1 Å². The molecule has 2 heteroatoms. The molecule has 0 bridgehead atoms. The second-order valence-electron chi connectivity index (χ2n) is 3.77. The molecule has 1 saturated carbocycles. The Labute approximate surface area is 89.9 Å². The van der Waals surface area contributed by atoms with Gasteiger partial charge in [-0.15, -0.1) is 11.8 Å². The van der Waals surface area contributed by atoms with Crippen LogP contribution in [0.2, 0.25) is 0 Å². The van der Waals surface area contributed by atoms with Crippen LogP contribution >= 0.6 is 11.8 Å². The maximum atomic E-state index is 5.30. The van der Waals surface area contributed by atoms with Crippen LogP contribution in [0.4, 0.5) is 0 Å². The lowest BCUT2D eigenvalue weighted by molar-refractivity contribution is 0.401. The Bertz CT molecular complexity index is 296. The second kappa shape index (κ2) is 4.26. The largest absolute Gasteiger partial charge is 0.497 e. The molecular formula is C12H16OS. The molecule has 1 nitrogen and oxygen atoms in total. The molecule has 76 valence electrons. The Hall–Kier alpha value is -0.630. The van der Waals surface area contributed by atoms with Crippen LogP contribution in [-0.2, 0) is 0 Å². The molecule has 0 saturated heterocycles. The Balaban J connectivity index is 2.28. The van der Waals surface area contributed by atoms with E-state index in [0.29, 0.717) is 0 Å². The molecule has 1 aliphatic rings. The van der Waals surface area contributed by atoms with E-state index < -0.39 is 0 Å². The first-order valence-corrected chi connectivity index (χ1v) is 6.29. The smallest absolute Gasteiger partial charge is 0.120 e. The zero-order chi connectivity index (χ0) is 9.97. The molecule has 0 aromatic heterocycles. The highest BCUT2D eigenvalue weighted by Gasteiger charge is 2.20. The molecule has 2 rings (SSSR count). The van der Waals surface area contributed by atoms with Crippen LogP contribution in [0.15, 0.2) is 23.1 Å². The summed E-state index contributed by atoms with van der Waals surface area (Å²) in [5, 5.41) is 0. The van der Waals surface area contributed by atoms with Crippen LogP contribution in [-0.4, -0.2) is 13.4 Å². The lowest BCUT2D eigenvalue weighted by Crippen LogP contribution is -2.08. The van der Waals surface area contributed by atoms with Gasteiger partial charge >= 0.3 is 0 Å². The van der Waals surface area contributed by atoms with E-state index in [-0.39, 0.29) is 0 Å². The molecule has 1 aliphatic carbocycles. The summed E-state index contributed by atoms with van der Waals surface area (Å²) in [6, 6.07) is 6.59. The summed E-state index contributed by atoms with van der Waals surface area (Å²) in [6.07, 6.45) is 6.19. The molecule has 0 N–H and O–H groups in total. The summed E-state index contributed by atoms with van der Waals surface area (Å²) < 4.78 is 5.30. The predicted molar refractivity (Wildman–Crippen MR) is 61.4 cm³/mol. The van der Waals surface area contributed by atoms with Crippen LogP contribution in [0.1, 0.15) is 30.7 Å². The van der Waals surface area contributed by atoms with Gasteiger partial charge in [0.1, 0.15) is 5.75 Å². The van der Waals surface area contributed by atoms with Crippen molar-refractivity contribution in [2.75, 3.05) is 13.4 Å². The molecule has 0 spiro atoms. The molecule has 0 atom stereocenters. The van der Waals surface area contributed by atoms with E-state index in [9.17, 15) is 0 Å². The van der Waals surface area contributed by atoms with E-state index in [1.54, 1.807) is 18.9 Å². The highest BCUT2D eigenvalue weighted by molar-refractivity contribution is 7.98. The molecule has 0 amide bonds. The Kier molecular flexibility index (Phi) is 3.02. The minimum Gasteiger partial charge on any atom is -0.497 e. The van der Waals surface area contributed by atoms with Crippen LogP contribution in [0.3, 0.4) is 0 Å². The molecular weight excluding hydrogens is 192 g/mol. The highest BCUT2D eigenvalue weighted by Crippen LogP contribution is 2.39. The average molecular weight is 208 g/mol. The predicted octanol–water partition coefficient (Wildman–Crippen LogP) is 3.68. The summed E-state index contributed by atoms with van der Waals surface area (Å²) in [4.78, 5) is 1.31. The SMILES string of the molecule is COc1cc(SC)cc(C2CCC2)c1. The Morgan fingerprint density at radius 2 is 2.07 bits per heavy atom. The van der Waals surface area contributed by atoms with E-state index >= 15 is 0 Å². The topological polar surface area (TPSA) is 9.23 Å². The summed E-state index contributed by atoms with van der Waals surface area (Å²) in [7, 11) is 1.74. The zero-order valence-corrected chi connectivity index (χ0v) is 9.56. The van der Waals surface area contributed by atoms with Gasteiger partial charge in [0.25, 0.3) is 0 Å². The van der Waals surface area contributed by atoms with Gasteiger partial charge in [-0.25, -0.2) is 0 Å². The fourth-order valence-corrected chi connectivity index (χ4v) is 2.29. The van der Waals surface area contributed by atoms with E-state index in [1.165, 1.54) is 29.7 Å². The minimum atomic E-state index is 0.788. The van der Waals surface area contributed by atoms with Gasteiger partial charge in [-0.1, -0.05) is 6.42 Å². The van der Waals surface area contributed by atoms with Crippen molar-refractivity contribution in [1.29, 1.82) is 0 Å². The number of thioether (sulfide) groups is 1. The fraction of sp³-hybridized carbons (Fsp3) is 0.500. The number of hydrogen-bond acceptors (Lipinski definition) is 2. The standard InChI is InChI=1S/C12H16OS/c1-13-11-6-10(9-4-3-5-9)7-12(8-11)14-2/h6-9H,3-5H2,1-2H3. The zero-order valence-electron chi connectivity index (χ0n) is 8.75. The van der Waals surface area contributed by atoms with Gasteiger partial charge < -0.3 is 4.74 Å². The van der Waals surface area contributed by atoms with Crippen molar-refractivity contribution in [2.24, 2.45) is 0 Å². The first kappa shape index (κ1) is 9.91. The number of hydrogen-bond donors (Lipinski definition) is 0.